The number of hydrogen-bond acceptors (Lipinski definition) is 5. The molecule has 1 N–H and O–H groups in total. The van der Waals surface area contributed by atoms with E-state index >= 15 is 0 Å². The number of carbonyl (C=O) groups excluding carboxylic acids is 1. The average Bonchev–Trinajstić information content (AvgIpc) is 2.83. The van der Waals surface area contributed by atoms with Crippen molar-refractivity contribution in [1.29, 1.82) is 0 Å². The first-order valence-corrected chi connectivity index (χ1v) is 11.5. The summed E-state index contributed by atoms with van der Waals surface area (Å²) >= 11 is 0. The molecule has 0 spiro atoms. The van der Waals surface area contributed by atoms with Crippen molar-refractivity contribution in [3.8, 4) is 11.5 Å². The van der Waals surface area contributed by atoms with E-state index in [0.29, 0.717) is 29.3 Å². The summed E-state index contributed by atoms with van der Waals surface area (Å²) in [6.07, 6.45) is 0.613. The summed E-state index contributed by atoms with van der Waals surface area (Å²) in [4.78, 5) is 13.1. The maximum atomic E-state index is 13.5. The molecule has 0 fully saturated rings. The zero-order valence-electron chi connectivity index (χ0n) is 18.2. The third-order valence-corrected chi connectivity index (χ3v) is 6.71. The Labute approximate surface area is 188 Å². The SMILES string of the molecule is CCc1ccccc1N(CC(=O)Nc1cc(OC)ccc1OC)S(=O)(=O)c1ccccc1. The summed E-state index contributed by atoms with van der Waals surface area (Å²) in [7, 11) is -0.982. The van der Waals surface area contributed by atoms with Gasteiger partial charge in [0.1, 0.15) is 18.0 Å². The number of ether oxygens (including phenoxy) is 2. The first-order chi connectivity index (χ1) is 15.4. The molecule has 0 aliphatic heterocycles. The molecule has 0 atom stereocenters. The number of anilines is 2. The second kappa shape index (κ2) is 10.2. The van der Waals surface area contributed by atoms with Crippen LogP contribution in [-0.2, 0) is 21.2 Å². The van der Waals surface area contributed by atoms with Gasteiger partial charge in [-0.3, -0.25) is 9.10 Å². The Balaban J connectivity index is 1.99. The molecule has 0 aromatic heterocycles. The lowest BCUT2D eigenvalue weighted by atomic mass is 10.1. The van der Waals surface area contributed by atoms with Crippen LogP contribution in [0.5, 0.6) is 11.5 Å². The third-order valence-electron chi connectivity index (χ3n) is 4.94. The van der Waals surface area contributed by atoms with E-state index in [0.717, 1.165) is 9.87 Å². The zero-order chi connectivity index (χ0) is 23.1. The first-order valence-electron chi connectivity index (χ1n) is 10.1. The smallest absolute Gasteiger partial charge is 0.264 e. The van der Waals surface area contributed by atoms with Crippen LogP contribution in [0.15, 0.2) is 77.7 Å². The Morgan fingerprint density at radius 2 is 1.62 bits per heavy atom. The van der Waals surface area contributed by atoms with E-state index < -0.39 is 22.5 Å². The van der Waals surface area contributed by atoms with Crippen LogP contribution in [0.2, 0.25) is 0 Å². The minimum absolute atomic E-state index is 0.109. The summed E-state index contributed by atoms with van der Waals surface area (Å²) in [5.74, 6) is 0.457. The number of nitrogens with one attached hydrogen (secondary N) is 1. The maximum absolute atomic E-state index is 13.5. The van der Waals surface area contributed by atoms with Crippen molar-refractivity contribution >= 4 is 27.3 Å². The summed E-state index contributed by atoms with van der Waals surface area (Å²) < 4.78 is 38.7. The molecule has 0 saturated heterocycles. The van der Waals surface area contributed by atoms with Gasteiger partial charge in [-0.15, -0.1) is 0 Å². The lowest BCUT2D eigenvalue weighted by Crippen LogP contribution is -2.38. The molecule has 3 aromatic rings. The van der Waals surface area contributed by atoms with Crippen LogP contribution in [0.25, 0.3) is 0 Å². The molecule has 0 aliphatic rings. The Morgan fingerprint density at radius 1 is 0.938 bits per heavy atom. The zero-order valence-corrected chi connectivity index (χ0v) is 19.1. The molecule has 3 aromatic carbocycles. The molecule has 0 bridgehead atoms. The molecule has 0 unspecified atom stereocenters. The van der Waals surface area contributed by atoms with Crippen molar-refractivity contribution in [3.05, 3.63) is 78.4 Å². The van der Waals surface area contributed by atoms with Crippen LogP contribution in [0.4, 0.5) is 11.4 Å². The fourth-order valence-corrected chi connectivity index (χ4v) is 4.78. The van der Waals surface area contributed by atoms with E-state index in [1.807, 2.05) is 19.1 Å². The monoisotopic (exact) mass is 454 g/mol. The highest BCUT2D eigenvalue weighted by atomic mass is 32.2. The van der Waals surface area contributed by atoms with Gasteiger partial charge in [-0.1, -0.05) is 43.3 Å². The van der Waals surface area contributed by atoms with Crippen LogP contribution < -0.4 is 19.1 Å². The number of para-hydroxylation sites is 1. The molecule has 0 saturated carbocycles. The van der Waals surface area contributed by atoms with Crippen LogP contribution in [0.1, 0.15) is 12.5 Å². The van der Waals surface area contributed by atoms with Gasteiger partial charge in [0.15, 0.2) is 0 Å². The second-order valence-corrected chi connectivity index (χ2v) is 8.78. The number of benzene rings is 3. The van der Waals surface area contributed by atoms with Gasteiger partial charge in [0, 0.05) is 6.07 Å². The average molecular weight is 455 g/mol. The fraction of sp³-hybridized carbons (Fsp3) is 0.208. The topological polar surface area (TPSA) is 84.9 Å². The molecule has 0 heterocycles. The van der Waals surface area contributed by atoms with Crippen LogP contribution in [-0.4, -0.2) is 35.1 Å². The van der Waals surface area contributed by atoms with Gasteiger partial charge in [-0.25, -0.2) is 8.42 Å². The molecule has 8 heteroatoms. The summed E-state index contributed by atoms with van der Waals surface area (Å²) in [5, 5.41) is 2.75. The van der Waals surface area contributed by atoms with Gasteiger partial charge in [0.25, 0.3) is 10.0 Å². The Morgan fingerprint density at radius 3 is 2.28 bits per heavy atom. The summed E-state index contributed by atoms with van der Waals surface area (Å²) in [6, 6.07) is 20.2. The predicted octanol–water partition coefficient (Wildman–Crippen LogP) is 4.10. The Hall–Kier alpha value is -3.52. The number of carbonyl (C=O) groups is 1. The highest BCUT2D eigenvalue weighted by Crippen LogP contribution is 2.30. The first kappa shape index (κ1) is 23.1. The number of amides is 1. The van der Waals surface area contributed by atoms with Crippen molar-refractivity contribution in [2.45, 2.75) is 18.2 Å². The van der Waals surface area contributed by atoms with Gasteiger partial charge in [-0.05, 0) is 42.3 Å². The van der Waals surface area contributed by atoms with Crippen molar-refractivity contribution in [3.63, 3.8) is 0 Å². The Kier molecular flexibility index (Phi) is 7.37. The summed E-state index contributed by atoms with van der Waals surface area (Å²) in [5.41, 5.74) is 1.67. The summed E-state index contributed by atoms with van der Waals surface area (Å²) in [6.45, 7) is 1.53. The Bertz CT molecular complexity index is 1180. The number of rotatable bonds is 9. The van der Waals surface area contributed by atoms with Crippen molar-refractivity contribution < 1.29 is 22.7 Å². The van der Waals surface area contributed by atoms with Gasteiger partial charge in [0.2, 0.25) is 5.91 Å². The van der Waals surface area contributed by atoms with E-state index in [9.17, 15) is 13.2 Å². The molecule has 168 valence electrons. The van der Waals surface area contributed by atoms with Crippen molar-refractivity contribution in [2.24, 2.45) is 0 Å². The predicted molar refractivity (Wildman–Crippen MR) is 125 cm³/mol. The standard InChI is InChI=1S/C24H26N2O5S/c1-4-18-10-8-9-13-22(18)26(32(28,29)20-11-6-5-7-12-20)17-24(27)25-21-16-19(30-2)14-15-23(21)31-3/h5-16H,4,17H2,1-3H3,(H,25,27). The van der Waals surface area contributed by atoms with Crippen LogP contribution >= 0.6 is 0 Å². The minimum Gasteiger partial charge on any atom is -0.497 e. The number of methoxy groups -OCH3 is 2. The maximum Gasteiger partial charge on any atom is 0.264 e. The van der Waals surface area contributed by atoms with Crippen molar-refractivity contribution in [1.82, 2.24) is 0 Å². The van der Waals surface area contributed by atoms with E-state index in [1.54, 1.807) is 48.5 Å². The lowest BCUT2D eigenvalue weighted by Gasteiger charge is -2.26. The van der Waals surface area contributed by atoms with E-state index in [4.69, 9.17) is 9.47 Å². The molecule has 0 radical (unpaired) electrons. The van der Waals surface area contributed by atoms with Crippen molar-refractivity contribution in [2.75, 3.05) is 30.4 Å². The lowest BCUT2D eigenvalue weighted by molar-refractivity contribution is -0.114. The number of aryl methyl sites for hydroxylation is 1. The fourth-order valence-electron chi connectivity index (χ4n) is 3.30. The normalized spacial score (nSPS) is 11.0. The highest BCUT2D eigenvalue weighted by Gasteiger charge is 2.28. The minimum atomic E-state index is -3.99. The molecule has 3 rings (SSSR count). The molecule has 32 heavy (non-hydrogen) atoms. The largest absolute Gasteiger partial charge is 0.497 e. The molecule has 0 aliphatic carbocycles. The molecular weight excluding hydrogens is 428 g/mol. The third kappa shape index (κ3) is 5.03. The molecular formula is C24H26N2O5S. The van der Waals surface area contributed by atoms with Gasteiger partial charge < -0.3 is 14.8 Å². The van der Waals surface area contributed by atoms with Crippen LogP contribution in [0.3, 0.4) is 0 Å². The number of sulfonamides is 1. The quantitative estimate of drug-likeness (QED) is 0.526. The number of hydrogen-bond donors (Lipinski definition) is 1. The molecule has 1 amide bonds. The molecule has 7 nitrogen and oxygen atoms in total. The van der Waals surface area contributed by atoms with Crippen LogP contribution in [0, 0.1) is 0 Å². The second-order valence-electron chi connectivity index (χ2n) is 6.92. The highest BCUT2D eigenvalue weighted by molar-refractivity contribution is 7.92. The number of nitrogens with zero attached hydrogens (tertiary/aromatic N) is 1. The van der Waals surface area contributed by atoms with Gasteiger partial charge >= 0.3 is 0 Å². The van der Waals surface area contributed by atoms with Gasteiger partial charge in [0.05, 0.1) is 30.5 Å². The van der Waals surface area contributed by atoms with E-state index in [2.05, 4.69) is 5.32 Å². The van der Waals surface area contributed by atoms with Gasteiger partial charge in [-0.2, -0.15) is 0 Å². The van der Waals surface area contributed by atoms with E-state index in [1.165, 1.54) is 26.4 Å². The van der Waals surface area contributed by atoms with E-state index in [-0.39, 0.29) is 4.90 Å².